The summed E-state index contributed by atoms with van der Waals surface area (Å²) in [6, 6.07) is 8.33. The Morgan fingerprint density at radius 2 is 2.17 bits per heavy atom. The van der Waals surface area contributed by atoms with Gasteiger partial charge in [-0.05, 0) is 36.8 Å². The lowest BCUT2D eigenvalue weighted by atomic mass is 9.89. The van der Waals surface area contributed by atoms with E-state index in [9.17, 15) is 4.79 Å². The molecule has 0 spiro atoms. The summed E-state index contributed by atoms with van der Waals surface area (Å²) in [5.74, 6) is -0.0369. The van der Waals surface area contributed by atoms with Gasteiger partial charge in [0.2, 0.25) is 0 Å². The lowest BCUT2D eigenvalue weighted by Crippen LogP contribution is -2.16. The molecular weight excluding hydrogens is 224 g/mol. The molecule has 2 heteroatoms. The van der Waals surface area contributed by atoms with E-state index in [1.54, 1.807) is 0 Å². The Labute approximate surface area is 109 Å². The van der Waals surface area contributed by atoms with Gasteiger partial charge in [-0.15, -0.1) is 0 Å². The van der Waals surface area contributed by atoms with Crippen molar-refractivity contribution in [3.05, 3.63) is 35.4 Å². The van der Waals surface area contributed by atoms with Crippen molar-refractivity contribution in [2.75, 3.05) is 0 Å². The molecule has 0 saturated carbocycles. The molecular formula is C16H22O2. The zero-order valence-corrected chi connectivity index (χ0v) is 11.2. The van der Waals surface area contributed by atoms with Gasteiger partial charge in [-0.25, -0.2) is 0 Å². The second-order valence-corrected chi connectivity index (χ2v) is 5.03. The number of rotatable bonds is 5. The molecule has 2 rings (SSSR count). The summed E-state index contributed by atoms with van der Waals surface area (Å²) in [4.78, 5) is 11.8. The van der Waals surface area contributed by atoms with Crippen LogP contribution in [0.5, 0.6) is 0 Å². The average molecular weight is 246 g/mol. The average Bonchev–Trinajstić information content (AvgIpc) is 2.39. The van der Waals surface area contributed by atoms with Crippen LogP contribution in [-0.4, -0.2) is 5.97 Å². The number of ether oxygens (including phenoxy) is 1. The smallest absolute Gasteiger partial charge is 0.306 e. The normalized spacial score (nSPS) is 18.2. The molecule has 0 aromatic heterocycles. The predicted molar refractivity (Wildman–Crippen MR) is 72.4 cm³/mol. The van der Waals surface area contributed by atoms with Crippen molar-refractivity contribution in [1.29, 1.82) is 0 Å². The lowest BCUT2D eigenvalue weighted by Gasteiger charge is -2.25. The van der Waals surface area contributed by atoms with Gasteiger partial charge in [-0.2, -0.15) is 0 Å². The van der Waals surface area contributed by atoms with Gasteiger partial charge in [0.1, 0.15) is 6.10 Å². The molecule has 0 saturated heterocycles. The number of fused-ring (bicyclic) bond motifs is 1. The maximum atomic E-state index is 11.8. The SMILES string of the molecule is CCCCCC(=O)OC1CCCc2ccccc21. The van der Waals surface area contributed by atoms with Crippen LogP contribution in [0, 0.1) is 0 Å². The highest BCUT2D eigenvalue weighted by atomic mass is 16.5. The van der Waals surface area contributed by atoms with Crippen molar-refractivity contribution in [2.24, 2.45) is 0 Å². The fourth-order valence-corrected chi connectivity index (χ4v) is 2.57. The summed E-state index contributed by atoms with van der Waals surface area (Å²) < 4.78 is 5.63. The Balaban J connectivity index is 1.92. The molecule has 0 N–H and O–H groups in total. The number of carbonyl (C=O) groups excluding carboxylic acids is 1. The topological polar surface area (TPSA) is 26.3 Å². The van der Waals surface area contributed by atoms with E-state index < -0.39 is 0 Å². The first-order valence-corrected chi connectivity index (χ1v) is 7.08. The Bertz CT molecular complexity index is 398. The van der Waals surface area contributed by atoms with Crippen LogP contribution < -0.4 is 0 Å². The third-order valence-corrected chi connectivity index (χ3v) is 3.57. The lowest BCUT2D eigenvalue weighted by molar-refractivity contribution is -0.150. The number of benzene rings is 1. The predicted octanol–water partition coefficient (Wildman–Crippen LogP) is 4.19. The van der Waals surface area contributed by atoms with Crippen LogP contribution in [0.3, 0.4) is 0 Å². The van der Waals surface area contributed by atoms with Crippen LogP contribution in [0.4, 0.5) is 0 Å². The van der Waals surface area contributed by atoms with E-state index >= 15 is 0 Å². The molecule has 1 unspecified atom stereocenters. The monoisotopic (exact) mass is 246 g/mol. The van der Waals surface area contributed by atoms with Gasteiger partial charge in [0.25, 0.3) is 0 Å². The van der Waals surface area contributed by atoms with E-state index in [0.29, 0.717) is 6.42 Å². The number of aryl methyl sites for hydroxylation is 1. The molecule has 1 aromatic carbocycles. The van der Waals surface area contributed by atoms with Crippen molar-refractivity contribution in [1.82, 2.24) is 0 Å². The summed E-state index contributed by atoms with van der Waals surface area (Å²) in [5.41, 5.74) is 2.56. The molecule has 0 bridgehead atoms. The Morgan fingerprint density at radius 1 is 1.33 bits per heavy atom. The van der Waals surface area contributed by atoms with Crippen LogP contribution >= 0.6 is 0 Å². The Hall–Kier alpha value is -1.31. The first-order valence-electron chi connectivity index (χ1n) is 7.08. The molecule has 0 aliphatic heterocycles. The van der Waals surface area contributed by atoms with E-state index in [0.717, 1.165) is 38.5 Å². The van der Waals surface area contributed by atoms with Crippen molar-refractivity contribution in [3.8, 4) is 0 Å². The maximum absolute atomic E-state index is 11.8. The van der Waals surface area contributed by atoms with Crippen LogP contribution in [0.25, 0.3) is 0 Å². The van der Waals surface area contributed by atoms with Crippen LogP contribution in [0.15, 0.2) is 24.3 Å². The fourth-order valence-electron chi connectivity index (χ4n) is 2.57. The van der Waals surface area contributed by atoms with Crippen molar-refractivity contribution >= 4 is 5.97 Å². The second-order valence-electron chi connectivity index (χ2n) is 5.03. The van der Waals surface area contributed by atoms with E-state index in [-0.39, 0.29) is 12.1 Å². The second kappa shape index (κ2) is 6.58. The highest BCUT2D eigenvalue weighted by Crippen LogP contribution is 2.32. The highest BCUT2D eigenvalue weighted by molar-refractivity contribution is 5.69. The summed E-state index contributed by atoms with van der Waals surface area (Å²) in [6.45, 7) is 2.14. The van der Waals surface area contributed by atoms with Gasteiger partial charge in [-0.3, -0.25) is 4.79 Å². The largest absolute Gasteiger partial charge is 0.457 e. The number of unbranched alkanes of at least 4 members (excludes halogenated alkanes) is 2. The molecule has 1 aliphatic carbocycles. The van der Waals surface area contributed by atoms with Gasteiger partial charge >= 0.3 is 5.97 Å². The standard InChI is InChI=1S/C16H22O2/c1-2-3-4-12-16(17)18-15-11-7-9-13-8-5-6-10-14(13)15/h5-6,8,10,15H,2-4,7,9,11-12H2,1H3. The molecule has 0 fully saturated rings. The number of hydrogen-bond acceptors (Lipinski definition) is 2. The molecule has 1 aromatic rings. The number of carbonyl (C=O) groups is 1. The molecule has 0 radical (unpaired) electrons. The zero-order chi connectivity index (χ0) is 12.8. The third-order valence-electron chi connectivity index (χ3n) is 3.57. The van der Waals surface area contributed by atoms with Crippen molar-refractivity contribution in [2.45, 2.75) is 58.0 Å². The summed E-state index contributed by atoms with van der Waals surface area (Å²) in [7, 11) is 0. The molecule has 0 amide bonds. The highest BCUT2D eigenvalue weighted by Gasteiger charge is 2.22. The fraction of sp³-hybridized carbons (Fsp3) is 0.562. The number of esters is 1. The zero-order valence-electron chi connectivity index (χ0n) is 11.2. The van der Waals surface area contributed by atoms with Crippen molar-refractivity contribution in [3.63, 3.8) is 0 Å². The Morgan fingerprint density at radius 3 is 3.00 bits per heavy atom. The van der Waals surface area contributed by atoms with Crippen LogP contribution in [0.1, 0.15) is 62.7 Å². The van der Waals surface area contributed by atoms with Crippen LogP contribution in [-0.2, 0) is 16.0 Å². The minimum absolute atomic E-state index is 0.0101. The Kier molecular flexibility index (Phi) is 4.80. The van der Waals surface area contributed by atoms with E-state index in [1.165, 1.54) is 11.1 Å². The molecule has 2 nitrogen and oxygen atoms in total. The molecule has 1 atom stereocenters. The van der Waals surface area contributed by atoms with Crippen molar-refractivity contribution < 1.29 is 9.53 Å². The maximum Gasteiger partial charge on any atom is 0.306 e. The minimum atomic E-state index is -0.0369. The third kappa shape index (κ3) is 3.34. The van der Waals surface area contributed by atoms with Gasteiger partial charge in [0.05, 0.1) is 0 Å². The molecule has 18 heavy (non-hydrogen) atoms. The first-order chi connectivity index (χ1) is 8.81. The van der Waals surface area contributed by atoms with Gasteiger partial charge < -0.3 is 4.74 Å². The molecule has 1 aliphatic rings. The first kappa shape index (κ1) is 13.1. The number of hydrogen-bond donors (Lipinski definition) is 0. The van der Waals surface area contributed by atoms with Gasteiger partial charge in [-0.1, -0.05) is 44.0 Å². The molecule has 98 valence electrons. The molecule has 0 heterocycles. The quantitative estimate of drug-likeness (QED) is 0.575. The van der Waals surface area contributed by atoms with E-state index in [4.69, 9.17) is 4.74 Å². The van der Waals surface area contributed by atoms with E-state index in [2.05, 4.69) is 25.1 Å². The van der Waals surface area contributed by atoms with Gasteiger partial charge in [0, 0.05) is 6.42 Å². The summed E-state index contributed by atoms with van der Waals surface area (Å²) >= 11 is 0. The van der Waals surface area contributed by atoms with Gasteiger partial charge in [0.15, 0.2) is 0 Å². The van der Waals surface area contributed by atoms with E-state index in [1.807, 2.05) is 6.07 Å². The van der Waals surface area contributed by atoms with Crippen LogP contribution in [0.2, 0.25) is 0 Å². The summed E-state index contributed by atoms with van der Waals surface area (Å²) in [6.07, 6.45) is 6.94. The summed E-state index contributed by atoms with van der Waals surface area (Å²) in [5, 5.41) is 0. The minimum Gasteiger partial charge on any atom is -0.457 e.